The molecule has 0 amide bonds. The number of rotatable bonds is 2. The van der Waals surface area contributed by atoms with E-state index in [1.54, 1.807) is 16.9 Å². The number of pyridine rings is 1. The van der Waals surface area contributed by atoms with Crippen molar-refractivity contribution in [3.05, 3.63) is 41.0 Å². The van der Waals surface area contributed by atoms with Crippen LogP contribution in [0.1, 0.15) is 27.3 Å². The molecule has 0 aliphatic heterocycles. The predicted octanol–water partition coefficient (Wildman–Crippen LogP) is 1.89. The van der Waals surface area contributed by atoms with Crippen LogP contribution in [0.15, 0.2) is 18.5 Å². The van der Waals surface area contributed by atoms with Gasteiger partial charge in [0, 0.05) is 18.1 Å². The van der Waals surface area contributed by atoms with Crippen LogP contribution in [-0.4, -0.2) is 25.8 Å². The fraction of sp³-hybridized carbons (Fsp3) is 0.250. The molecule has 0 aliphatic carbocycles. The van der Waals surface area contributed by atoms with E-state index in [4.69, 9.17) is 5.11 Å². The van der Waals surface area contributed by atoms with Crippen LogP contribution in [0.4, 0.5) is 0 Å². The SMILES string of the molecule is Cc1nn(-c2ccncc2C(=O)O)c(C)c1C. The Hall–Kier alpha value is -2.17. The number of hydrogen-bond donors (Lipinski definition) is 1. The Kier molecular flexibility index (Phi) is 2.67. The zero-order chi connectivity index (χ0) is 12.6. The molecule has 0 fully saturated rings. The molecule has 0 unspecified atom stereocenters. The number of carboxylic acid groups (broad SMARTS) is 1. The van der Waals surface area contributed by atoms with Crippen molar-refractivity contribution < 1.29 is 9.90 Å². The van der Waals surface area contributed by atoms with Gasteiger partial charge >= 0.3 is 5.97 Å². The van der Waals surface area contributed by atoms with Gasteiger partial charge in [-0.05, 0) is 32.4 Å². The topological polar surface area (TPSA) is 68.0 Å². The molecule has 0 aliphatic rings. The van der Waals surface area contributed by atoms with Crippen LogP contribution < -0.4 is 0 Å². The van der Waals surface area contributed by atoms with E-state index in [2.05, 4.69) is 10.1 Å². The van der Waals surface area contributed by atoms with Crippen molar-refractivity contribution in [2.75, 3.05) is 0 Å². The summed E-state index contributed by atoms with van der Waals surface area (Å²) in [6.07, 6.45) is 2.90. The largest absolute Gasteiger partial charge is 0.478 e. The number of aromatic nitrogens is 3. The van der Waals surface area contributed by atoms with Gasteiger partial charge in [0.25, 0.3) is 0 Å². The zero-order valence-electron chi connectivity index (χ0n) is 9.93. The lowest BCUT2D eigenvalue weighted by molar-refractivity contribution is 0.0696. The maximum absolute atomic E-state index is 11.1. The molecule has 2 aromatic rings. The highest BCUT2D eigenvalue weighted by Gasteiger charge is 2.15. The van der Waals surface area contributed by atoms with E-state index in [-0.39, 0.29) is 5.56 Å². The Bertz CT molecular complexity index is 587. The van der Waals surface area contributed by atoms with Crippen molar-refractivity contribution in [1.82, 2.24) is 14.8 Å². The average Bonchev–Trinajstić information content (AvgIpc) is 2.57. The third-order valence-corrected chi connectivity index (χ3v) is 2.91. The van der Waals surface area contributed by atoms with Gasteiger partial charge in [0.05, 0.1) is 11.4 Å². The summed E-state index contributed by atoms with van der Waals surface area (Å²) in [6, 6.07) is 1.66. The van der Waals surface area contributed by atoms with Crippen molar-refractivity contribution in [2.24, 2.45) is 0 Å². The summed E-state index contributed by atoms with van der Waals surface area (Å²) in [5.74, 6) is -1.00. The molecular weight excluding hydrogens is 218 g/mol. The molecule has 0 spiro atoms. The number of carboxylic acids is 1. The van der Waals surface area contributed by atoms with Gasteiger partial charge in [-0.2, -0.15) is 5.10 Å². The van der Waals surface area contributed by atoms with Crippen LogP contribution in [0.3, 0.4) is 0 Å². The zero-order valence-corrected chi connectivity index (χ0v) is 9.93. The Labute approximate surface area is 98.7 Å². The summed E-state index contributed by atoms with van der Waals surface area (Å²) >= 11 is 0. The first-order valence-electron chi connectivity index (χ1n) is 5.23. The number of aromatic carboxylic acids is 1. The first-order valence-corrected chi connectivity index (χ1v) is 5.23. The molecule has 0 saturated carbocycles. The van der Waals surface area contributed by atoms with Gasteiger partial charge in [0.2, 0.25) is 0 Å². The normalized spacial score (nSPS) is 10.5. The van der Waals surface area contributed by atoms with Gasteiger partial charge in [0.1, 0.15) is 5.56 Å². The van der Waals surface area contributed by atoms with Crippen LogP contribution in [0.2, 0.25) is 0 Å². The number of aryl methyl sites for hydroxylation is 1. The molecule has 2 aromatic heterocycles. The van der Waals surface area contributed by atoms with Gasteiger partial charge in [-0.15, -0.1) is 0 Å². The quantitative estimate of drug-likeness (QED) is 0.857. The third kappa shape index (κ3) is 1.80. The standard InChI is InChI=1S/C12H13N3O2/c1-7-8(2)14-15(9(7)3)11-4-5-13-6-10(11)12(16)17/h4-6H,1-3H3,(H,16,17). The highest BCUT2D eigenvalue weighted by atomic mass is 16.4. The summed E-state index contributed by atoms with van der Waals surface area (Å²) in [4.78, 5) is 14.9. The van der Waals surface area contributed by atoms with E-state index in [9.17, 15) is 4.79 Å². The van der Waals surface area contributed by atoms with Gasteiger partial charge in [-0.25, -0.2) is 9.48 Å². The summed E-state index contributed by atoms with van der Waals surface area (Å²) in [5, 5.41) is 13.5. The van der Waals surface area contributed by atoms with Gasteiger partial charge in [-0.1, -0.05) is 0 Å². The van der Waals surface area contributed by atoms with Crippen LogP contribution in [-0.2, 0) is 0 Å². The molecule has 1 N–H and O–H groups in total. The van der Waals surface area contributed by atoms with E-state index in [1.807, 2.05) is 20.8 Å². The molecule has 0 saturated heterocycles. The number of hydrogen-bond acceptors (Lipinski definition) is 3. The molecule has 2 rings (SSSR count). The average molecular weight is 231 g/mol. The summed E-state index contributed by atoms with van der Waals surface area (Å²) in [7, 11) is 0. The minimum absolute atomic E-state index is 0.151. The van der Waals surface area contributed by atoms with Crippen molar-refractivity contribution >= 4 is 5.97 Å². The summed E-state index contributed by atoms with van der Waals surface area (Å²) < 4.78 is 1.65. The van der Waals surface area contributed by atoms with Gasteiger partial charge in [-0.3, -0.25) is 4.98 Å². The highest BCUT2D eigenvalue weighted by molar-refractivity contribution is 5.91. The number of carbonyl (C=O) groups is 1. The Morgan fingerprint density at radius 3 is 2.59 bits per heavy atom. The minimum atomic E-state index is -1.00. The highest BCUT2D eigenvalue weighted by Crippen LogP contribution is 2.19. The Balaban J connectivity index is 2.68. The van der Waals surface area contributed by atoms with Gasteiger partial charge < -0.3 is 5.11 Å². The van der Waals surface area contributed by atoms with Crippen molar-refractivity contribution in [2.45, 2.75) is 20.8 Å². The van der Waals surface area contributed by atoms with E-state index in [1.165, 1.54) is 6.20 Å². The Morgan fingerprint density at radius 2 is 2.06 bits per heavy atom. The maximum Gasteiger partial charge on any atom is 0.339 e. The lowest BCUT2D eigenvalue weighted by atomic mass is 10.2. The molecule has 5 nitrogen and oxygen atoms in total. The Morgan fingerprint density at radius 1 is 1.35 bits per heavy atom. The number of nitrogens with zero attached hydrogens (tertiary/aromatic N) is 3. The minimum Gasteiger partial charge on any atom is -0.478 e. The van der Waals surface area contributed by atoms with Crippen LogP contribution in [0.25, 0.3) is 5.69 Å². The molecule has 2 heterocycles. The van der Waals surface area contributed by atoms with E-state index >= 15 is 0 Å². The molecule has 88 valence electrons. The second kappa shape index (κ2) is 4.01. The molecule has 0 radical (unpaired) electrons. The van der Waals surface area contributed by atoms with Crippen molar-refractivity contribution in [1.29, 1.82) is 0 Å². The van der Waals surface area contributed by atoms with E-state index < -0.39 is 5.97 Å². The van der Waals surface area contributed by atoms with Crippen LogP contribution in [0, 0.1) is 20.8 Å². The molecule has 5 heteroatoms. The lowest BCUT2D eigenvalue weighted by Crippen LogP contribution is -2.08. The fourth-order valence-corrected chi connectivity index (χ4v) is 1.69. The van der Waals surface area contributed by atoms with E-state index in [0.717, 1.165) is 17.0 Å². The second-order valence-corrected chi connectivity index (χ2v) is 3.91. The maximum atomic E-state index is 11.1. The first-order chi connectivity index (χ1) is 8.02. The molecule has 17 heavy (non-hydrogen) atoms. The first kappa shape index (κ1) is 11.3. The molecule has 0 aromatic carbocycles. The monoisotopic (exact) mass is 231 g/mol. The summed E-state index contributed by atoms with van der Waals surface area (Å²) in [6.45, 7) is 5.79. The molecule has 0 bridgehead atoms. The summed E-state index contributed by atoms with van der Waals surface area (Å²) in [5.41, 5.74) is 3.60. The fourth-order valence-electron chi connectivity index (χ4n) is 1.69. The van der Waals surface area contributed by atoms with Crippen LogP contribution >= 0.6 is 0 Å². The molecular formula is C12H13N3O2. The van der Waals surface area contributed by atoms with Crippen molar-refractivity contribution in [3.63, 3.8) is 0 Å². The van der Waals surface area contributed by atoms with Crippen molar-refractivity contribution in [3.8, 4) is 5.69 Å². The van der Waals surface area contributed by atoms with Gasteiger partial charge in [0.15, 0.2) is 0 Å². The van der Waals surface area contributed by atoms with E-state index in [0.29, 0.717) is 5.69 Å². The second-order valence-electron chi connectivity index (χ2n) is 3.91. The lowest BCUT2D eigenvalue weighted by Gasteiger charge is -2.07. The smallest absolute Gasteiger partial charge is 0.339 e. The predicted molar refractivity (Wildman–Crippen MR) is 62.5 cm³/mol. The van der Waals surface area contributed by atoms with Crippen LogP contribution in [0.5, 0.6) is 0 Å². The molecule has 0 atom stereocenters. The third-order valence-electron chi connectivity index (χ3n) is 2.91.